The molecule has 3 aromatic rings. The monoisotopic (exact) mass is 425 g/mol. The number of hydrogen-bond acceptors (Lipinski definition) is 6. The van der Waals surface area contributed by atoms with E-state index in [1.807, 2.05) is 54.6 Å². The number of rotatable bonds is 6. The molecule has 30 heavy (non-hydrogen) atoms. The van der Waals surface area contributed by atoms with Gasteiger partial charge in [-0.3, -0.25) is 0 Å². The Morgan fingerprint density at radius 3 is 2.63 bits per heavy atom. The van der Waals surface area contributed by atoms with Crippen molar-refractivity contribution in [2.75, 3.05) is 20.2 Å². The highest BCUT2D eigenvalue weighted by atomic mass is 32.2. The number of benzene rings is 2. The lowest BCUT2D eigenvalue weighted by molar-refractivity contribution is 0.267. The summed E-state index contributed by atoms with van der Waals surface area (Å²) in [5.41, 5.74) is 1.66. The van der Waals surface area contributed by atoms with Gasteiger partial charge in [0.1, 0.15) is 5.75 Å². The molecular weight excluding hydrogens is 402 g/mol. The Bertz CT molecular complexity index is 1110. The SMILES string of the molecule is COc1ccc(-c2noc(C3CCCN(S(=O)(=O)/C=C/c4ccccc4)C3)n2)cc1. The molecule has 0 spiro atoms. The van der Waals surface area contributed by atoms with Gasteiger partial charge in [0.05, 0.1) is 13.0 Å². The van der Waals surface area contributed by atoms with Crippen molar-refractivity contribution in [2.24, 2.45) is 0 Å². The molecule has 0 N–H and O–H groups in total. The fourth-order valence-electron chi connectivity index (χ4n) is 3.45. The van der Waals surface area contributed by atoms with Crippen LogP contribution in [0.1, 0.15) is 30.2 Å². The Morgan fingerprint density at radius 2 is 1.90 bits per heavy atom. The van der Waals surface area contributed by atoms with Crippen LogP contribution >= 0.6 is 0 Å². The van der Waals surface area contributed by atoms with Crippen molar-refractivity contribution >= 4 is 16.1 Å². The fraction of sp³-hybridized carbons (Fsp3) is 0.273. The van der Waals surface area contributed by atoms with Crippen molar-refractivity contribution < 1.29 is 17.7 Å². The van der Waals surface area contributed by atoms with Crippen LogP contribution in [0.2, 0.25) is 0 Å². The molecule has 2 aromatic carbocycles. The highest BCUT2D eigenvalue weighted by molar-refractivity contribution is 7.92. The van der Waals surface area contributed by atoms with Gasteiger partial charge in [0.25, 0.3) is 0 Å². The maximum atomic E-state index is 12.8. The van der Waals surface area contributed by atoms with Crippen LogP contribution in [0.3, 0.4) is 0 Å². The maximum Gasteiger partial charge on any atom is 0.236 e. The van der Waals surface area contributed by atoms with Gasteiger partial charge in [-0.1, -0.05) is 35.5 Å². The first-order valence-corrected chi connectivity index (χ1v) is 11.3. The van der Waals surface area contributed by atoms with Crippen LogP contribution in [0.5, 0.6) is 5.75 Å². The number of sulfonamides is 1. The van der Waals surface area contributed by atoms with Gasteiger partial charge >= 0.3 is 0 Å². The Hall–Kier alpha value is -2.97. The molecule has 0 amide bonds. The quantitative estimate of drug-likeness (QED) is 0.595. The van der Waals surface area contributed by atoms with Crippen molar-refractivity contribution in [1.29, 1.82) is 0 Å². The molecule has 0 bridgehead atoms. The molecule has 0 radical (unpaired) electrons. The zero-order valence-corrected chi connectivity index (χ0v) is 17.5. The normalized spacial score (nSPS) is 18.0. The number of nitrogens with zero attached hydrogens (tertiary/aromatic N) is 3. The summed E-state index contributed by atoms with van der Waals surface area (Å²) < 4.78 is 37.7. The van der Waals surface area contributed by atoms with E-state index in [0.717, 1.165) is 29.7 Å². The van der Waals surface area contributed by atoms with Gasteiger partial charge < -0.3 is 9.26 Å². The van der Waals surface area contributed by atoms with Gasteiger partial charge in [-0.2, -0.15) is 9.29 Å². The molecule has 7 nitrogen and oxygen atoms in total. The maximum absolute atomic E-state index is 12.8. The van der Waals surface area contributed by atoms with E-state index in [4.69, 9.17) is 9.26 Å². The van der Waals surface area contributed by atoms with Crippen LogP contribution in [0.15, 0.2) is 64.5 Å². The lowest BCUT2D eigenvalue weighted by Crippen LogP contribution is -2.38. The molecule has 0 saturated carbocycles. The number of methoxy groups -OCH3 is 1. The molecule has 156 valence electrons. The van der Waals surface area contributed by atoms with Crippen LogP contribution < -0.4 is 4.74 Å². The molecular formula is C22H23N3O4S. The van der Waals surface area contributed by atoms with Crippen LogP contribution in [0.25, 0.3) is 17.5 Å². The topological polar surface area (TPSA) is 85.5 Å². The molecule has 1 saturated heterocycles. The lowest BCUT2D eigenvalue weighted by atomic mass is 10.00. The lowest BCUT2D eigenvalue weighted by Gasteiger charge is -2.29. The van der Waals surface area contributed by atoms with Crippen molar-refractivity contribution in [2.45, 2.75) is 18.8 Å². The van der Waals surface area contributed by atoms with E-state index in [1.54, 1.807) is 13.2 Å². The van der Waals surface area contributed by atoms with Gasteiger partial charge in [0.2, 0.25) is 21.7 Å². The molecule has 1 aliphatic rings. The summed E-state index contributed by atoms with van der Waals surface area (Å²) in [4.78, 5) is 4.51. The highest BCUT2D eigenvalue weighted by Gasteiger charge is 2.31. The number of hydrogen-bond donors (Lipinski definition) is 0. The van der Waals surface area contributed by atoms with Crippen LogP contribution in [0, 0.1) is 0 Å². The average molecular weight is 426 g/mol. The minimum Gasteiger partial charge on any atom is -0.497 e. The number of aromatic nitrogens is 2. The summed E-state index contributed by atoms with van der Waals surface area (Å²) in [6.45, 7) is 0.809. The molecule has 1 atom stereocenters. The van der Waals surface area contributed by atoms with E-state index >= 15 is 0 Å². The minimum atomic E-state index is -3.53. The Balaban J connectivity index is 1.47. The van der Waals surface area contributed by atoms with Crippen molar-refractivity contribution in [3.63, 3.8) is 0 Å². The highest BCUT2D eigenvalue weighted by Crippen LogP contribution is 2.29. The van der Waals surface area contributed by atoms with E-state index in [1.165, 1.54) is 9.71 Å². The average Bonchev–Trinajstić information content (AvgIpc) is 3.29. The third kappa shape index (κ3) is 4.60. The largest absolute Gasteiger partial charge is 0.497 e. The second-order valence-corrected chi connectivity index (χ2v) is 8.96. The molecule has 2 heterocycles. The van der Waals surface area contributed by atoms with Gasteiger partial charge in [-0.15, -0.1) is 0 Å². The van der Waals surface area contributed by atoms with E-state index in [-0.39, 0.29) is 5.92 Å². The minimum absolute atomic E-state index is 0.127. The summed E-state index contributed by atoms with van der Waals surface area (Å²) in [5, 5.41) is 5.34. The van der Waals surface area contributed by atoms with Crippen LogP contribution in [-0.4, -0.2) is 43.1 Å². The van der Waals surface area contributed by atoms with Crippen molar-refractivity contribution in [3.8, 4) is 17.1 Å². The molecule has 1 fully saturated rings. The number of piperidine rings is 1. The number of ether oxygens (including phenoxy) is 1. The first kappa shape index (κ1) is 20.3. The Morgan fingerprint density at radius 1 is 1.13 bits per heavy atom. The van der Waals surface area contributed by atoms with E-state index in [2.05, 4.69) is 10.1 Å². The van der Waals surface area contributed by atoms with Gasteiger partial charge in [-0.25, -0.2) is 8.42 Å². The Labute approximate surface area is 176 Å². The smallest absolute Gasteiger partial charge is 0.236 e. The predicted molar refractivity (Wildman–Crippen MR) is 114 cm³/mol. The summed E-state index contributed by atoms with van der Waals surface area (Å²) in [5.74, 6) is 1.57. The first-order chi connectivity index (χ1) is 14.5. The van der Waals surface area contributed by atoms with Crippen molar-refractivity contribution in [1.82, 2.24) is 14.4 Å². The van der Waals surface area contributed by atoms with Gasteiger partial charge in [-0.05, 0) is 48.7 Å². The summed E-state index contributed by atoms with van der Waals surface area (Å²) >= 11 is 0. The van der Waals surface area contributed by atoms with Gasteiger partial charge in [0.15, 0.2) is 0 Å². The fourth-order valence-corrected chi connectivity index (χ4v) is 4.72. The zero-order valence-electron chi connectivity index (χ0n) is 16.6. The standard InChI is InChI=1S/C22H23N3O4S/c1-28-20-11-9-18(10-12-20)21-23-22(29-24-21)19-8-5-14-25(16-19)30(26,27)15-13-17-6-3-2-4-7-17/h2-4,6-7,9-13,15,19H,5,8,14,16H2,1H3/b15-13+. The summed E-state index contributed by atoms with van der Waals surface area (Å²) in [6.07, 6.45) is 3.16. The third-order valence-electron chi connectivity index (χ3n) is 5.12. The molecule has 1 aliphatic heterocycles. The molecule has 4 rings (SSSR count). The third-order valence-corrected chi connectivity index (χ3v) is 6.65. The molecule has 8 heteroatoms. The van der Waals surface area contributed by atoms with Gasteiger partial charge in [0, 0.05) is 24.1 Å². The first-order valence-electron chi connectivity index (χ1n) is 9.76. The molecule has 1 unspecified atom stereocenters. The van der Waals surface area contributed by atoms with Crippen LogP contribution in [-0.2, 0) is 10.0 Å². The Kier molecular flexibility index (Phi) is 5.96. The van der Waals surface area contributed by atoms with E-state index in [0.29, 0.717) is 24.8 Å². The zero-order chi connectivity index (χ0) is 21.0. The molecule has 0 aliphatic carbocycles. The molecule has 1 aromatic heterocycles. The predicted octanol–water partition coefficient (Wildman–Crippen LogP) is 3.93. The van der Waals surface area contributed by atoms with Crippen molar-refractivity contribution in [3.05, 3.63) is 71.5 Å². The van der Waals surface area contributed by atoms with E-state index in [9.17, 15) is 8.42 Å². The van der Waals surface area contributed by atoms with E-state index < -0.39 is 10.0 Å². The van der Waals surface area contributed by atoms with Crippen LogP contribution in [0.4, 0.5) is 0 Å². The second kappa shape index (κ2) is 8.81. The second-order valence-electron chi connectivity index (χ2n) is 7.14. The summed E-state index contributed by atoms with van der Waals surface area (Å²) in [7, 11) is -1.92. The summed E-state index contributed by atoms with van der Waals surface area (Å²) in [6, 6.07) is 16.8.